The normalized spacial score (nSPS) is 20.6. The van der Waals surface area contributed by atoms with E-state index in [1.54, 1.807) is 43.1 Å². The van der Waals surface area contributed by atoms with E-state index in [1.807, 2.05) is 6.92 Å². The molecule has 240 valence electrons. The van der Waals surface area contributed by atoms with Crippen molar-refractivity contribution in [3.05, 3.63) is 65.1 Å². The molecule has 1 aliphatic carbocycles. The number of nitrogens with zero attached hydrogens (tertiary/aromatic N) is 6. The number of hydrogen-bond acceptors (Lipinski definition) is 8. The molecule has 5 heterocycles. The van der Waals surface area contributed by atoms with Gasteiger partial charge in [0.1, 0.15) is 29.9 Å². The van der Waals surface area contributed by atoms with Crippen molar-refractivity contribution in [2.24, 2.45) is 5.41 Å². The predicted molar refractivity (Wildman–Crippen MR) is 161 cm³/mol. The number of alkyl halides is 3. The first-order chi connectivity index (χ1) is 21.7. The third kappa shape index (κ3) is 5.61. The summed E-state index contributed by atoms with van der Waals surface area (Å²) in [7, 11) is 1.38. The summed E-state index contributed by atoms with van der Waals surface area (Å²) in [5.74, 6) is -0.836. The number of amides is 2. The number of Topliss-reactive ketones (excluding diaryl/α,β-unsaturated/α-hetero) is 1. The third-order valence-electron chi connectivity index (χ3n) is 8.83. The fourth-order valence-corrected chi connectivity index (χ4v) is 6.42. The molecular formula is C32H32F3N7O4. The highest BCUT2D eigenvalue weighted by atomic mass is 19.4. The topological polar surface area (TPSA) is 132 Å². The molecule has 1 saturated carbocycles. The van der Waals surface area contributed by atoms with Crippen LogP contribution in [0.4, 0.5) is 19.0 Å². The van der Waals surface area contributed by atoms with Crippen molar-refractivity contribution >= 4 is 34.3 Å². The Kier molecular flexibility index (Phi) is 7.66. The number of nitrogens with one attached hydrogen (secondary N) is 1. The van der Waals surface area contributed by atoms with Gasteiger partial charge in [-0.15, -0.1) is 0 Å². The number of fused-ring (bicyclic) bond motifs is 2. The number of carbonyl (C=O) groups is 3. The summed E-state index contributed by atoms with van der Waals surface area (Å²) in [4.78, 5) is 58.7. The summed E-state index contributed by atoms with van der Waals surface area (Å²) in [5, 5.41) is 3.17. The summed E-state index contributed by atoms with van der Waals surface area (Å²) >= 11 is 0. The van der Waals surface area contributed by atoms with Crippen molar-refractivity contribution in [3.8, 4) is 11.3 Å². The van der Waals surface area contributed by atoms with E-state index in [-0.39, 0.29) is 47.7 Å². The van der Waals surface area contributed by atoms with Gasteiger partial charge in [0.25, 0.3) is 0 Å². The monoisotopic (exact) mass is 635 g/mol. The van der Waals surface area contributed by atoms with Gasteiger partial charge >= 0.3 is 6.18 Å². The molecule has 11 nitrogen and oxygen atoms in total. The molecule has 0 aromatic carbocycles. The van der Waals surface area contributed by atoms with Crippen molar-refractivity contribution in [2.75, 3.05) is 12.4 Å². The van der Waals surface area contributed by atoms with Gasteiger partial charge in [-0.3, -0.25) is 19.4 Å². The molecule has 0 radical (unpaired) electrons. The second-order valence-electron chi connectivity index (χ2n) is 12.3. The van der Waals surface area contributed by atoms with Crippen LogP contribution in [0.1, 0.15) is 59.8 Å². The van der Waals surface area contributed by atoms with Gasteiger partial charge in [0, 0.05) is 53.8 Å². The summed E-state index contributed by atoms with van der Waals surface area (Å²) < 4.78 is 47.0. The van der Waals surface area contributed by atoms with Crippen LogP contribution in [0.25, 0.3) is 22.2 Å². The molecule has 1 N–H and O–H groups in total. The molecule has 6 rings (SSSR count). The van der Waals surface area contributed by atoms with Gasteiger partial charge in [-0.25, -0.2) is 15.0 Å². The van der Waals surface area contributed by atoms with E-state index in [9.17, 15) is 27.6 Å². The number of piperidine rings is 1. The number of hydrogen-bond donors (Lipinski definition) is 1. The van der Waals surface area contributed by atoms with Gasteiger partial charge in [0.15, 0.2) is 5.78 Å². The van der Waals surface area contributed by atoms with E-state index < -0.39 is 23.8 Å². The highest BCUT2D eigenvalue weighted by Gasteiger charge is 2.64. The van der Waals surface area contributed by atoms with E-state index >= 15 is 0 Å². The van der Waals surface area contributed by atoms with Crippen LogP contribution >= 0.6 is 0 Å². The fraction of sp³-hybridized carbons (Fsp3) is 0.406. The summed E-state index contributed by atoms with van der Waals surface area (Å²) in [5.41, 5.74) is 1.68. The maximum atomic E-state index is 14.0. The van der Waals surface area contributed by atoms with Crippen LogP contribution in [0, 0.1) is 19.3 Å². The zero-order chi connectivity index (χ0) is 33.1. The van der Waals surface area contributed by atoms with E-state index in [4.69, 9.17) is 9.72 Å². The van der Waals surface area contributed by atoms with Crippen molar-refractivity contribution in [2.45, 2.75) is 71.9 Å². The Morgan fingerprint density at radius 2 is 1.83 bits per heavy atom. The molecule has 4 aromatic heterocycles. The number of rotatable bonds is 8. The lowest BCUT2D eigenvalue weighted by atomic mass is 10.0. The van der Waals surface area contributed by atoms with Crippen molar-refractivity contribution in [1.82, 2.24) is 29.4 Å². The number of ether oxygens (including phenoxy) is 1. The number of ketones is 1. The van der Waals surface area contributed by atoms with Gasteiger partial charge in [-0.1, -0.05) is 13.0 Å². The van der Waals surface area contributed by atoms with Gasteiger partial charge in [-0.05, 0) is 51.2 Å². The zero-order valence-electron chi connectivity index (χ0n) is 25.9. The first-order valence-electron chi connectivity index (χ1n) is 14.7. The minimum atomic E-state index is -4.71. The highest BCUT2D eigenvalue weighted by molar-refractivity contribution is 6.08. The van der Waals surface area contributed by atoms with E-state index in [2.05, 4.69) is 20.3 Å². The van der Waals surface area contributed by atoms with Crippen LogP contribution < -0.4 is 5.32 Å². The Hall–Kier alpha value is -4.72. The van der Waals surface area contributed by atoms with E-state index in [1.165, 1.54) is 25.0 Å². The average molecular weight is 636 g/mol. The second-order valence-corrected chi connectivity index (χ2v) is 12.3. The Labute approximate surface area is 262 Å². The summed E-state index contributed by atoms with van der Waals surface area (Å²) in [6.45, 7) is 6.74. The van der Waals surface area contributed by atoms with Gasteiger partial charge in [0.2, 0.25) is 11.8 Å². The number of pyridine rings is 2. The van der Waals surface area contributed by atoms with Crippen LogP contribution in [0.2, 0.25) is 0 Å². The highest BCUT2D eigenvalue weighted by Crippen LogP contribution is 2.59. The number of aryl methyl sites for hydroxylation is 2. The Morgan fingerprint density at radius 1 is 1.11 bits per heavy atom. The molecule has 0 unspecified atom stereocenters. The fourth-order valence-electron chi connectivity index (χ4n) is 6.42. The Bertz CT molecular complexity index is 1890. The number of anilines is 1. The van der Waals surface area contributed by atoms with Crippen LogP contribution in [-0.4, -0.2) is 66.2 Å². The van der Waals surface area contributed by atoms with Crippen LogP contribution in [0.15, 0.2) is 36.8 Å². The zero-order valence-corrected chi connectivity index (χ0v) is 25.9. The lowest BCUT2D eigenvalue weighted by Crippen LogP contribution is -2.46. The number of halogens is 3. The summed E-state index contributed by atoms with van der Waals surface area (Å²) in [6, 6.07) is 2.69. The number of likely N-dealkylation sites (tertiary alicyclic amines) is 1. The second kappa shape index (κ2) is 11.3. The smallest absolute Gasteiger partial charge is 0.380 e. The Morgan fingerprint density at radius 3 is 2.48 bits per heavy atom. The number of aromatic nitrogens is 5. The molecule has 0 spiro atoms. The lowest BCUT2D eigenvalue weighted by molar-refractivity contribution is -0.141. The molecular weight excluding hydrogens is 603 g/mol. The molecule has 1 aliphatic heterocycles. The molecule has 14 heteroatoms. The molecule has 4 aromatic rings. The number of methoxy groups -OCH3 is 1. The van der Waals surface area contributed by atoms with Gasteiger partial charge in [0.05, 0.1) is 23.5 Å². The minimum Gasteiger partial charge on any atom is -0.380 e. The van der Waals surface area contributed by atoms with Crippen LogP contribution in [0.5, 0.6) is 0 Å². The predicted octanol–water partition coefficient (Wildman–Crippen LogP) is 4.89. The third-order valence-corrected chi connectivity index (χ3v) is 8.83. The summed E-state index contributed by atoms with van der Waals surface area (Å²) in [6.07, 6.45) is 1.27. The van der Waals surface area contributed by atoms with E-state index in [0.717, 1.165) is 6.07 Å². The maximum Gasteiger partial charge on any atom is 0.433 e. The maximum absolute atomic E-state index is 14.0. The molecule has 2 amide bonds. The Balaban J connectivity index is 1.31. The van der Waals surface area contributed by atoms with Crippen molar-refractivity contribution in [3.63, 3.8) is 0 Å². The largest absolute Gasteiger partial charge is 0.433 e. The SMILES string of the molecule is COCc1ccc(C(F)(F)F)nc1NC(=O)[C@@H]1C[C@@]2(C)C[C@H]2N1C(=O)Cn1cc(C(C)=O)c2cc(-c3cnc(C)nc3)nc(C)c21. The standard InChI is InChI=1S/C32H32F3N7O4/c1-16-28-21(8-23(38-16)20-11-36-18(3)37-12-20)22(17(2)43)13-41(28)14-27(44)42-24(9-31(4)10-26(31)42)30(45)40-29-19(15-46-5)6-7-25(39-29)32(33,34)35/h6-8,11-13,24,26H,9-10,14-15H2,1-5H3,(H,39,40,45)/t24-,26+,31-/m0/s1. The van der Waals surface area contributed by atoms with Crippen LogP contribution in [-0.2, 0) is 33.7 Å². The number of carbonyl (C=O) groups excluding carboxylic acids is 3. The van der Waals surface area contributed by atoms with Gasteiger partial charge in [-0.2, -0.15) is 13.2 Å². The molecule has 2 fully saturated rings. The van der Waals surface area contributed by atoms with Crippen molar-refractivity contribution in [1.29, 1.82) is 0 Å². The molecule has 46 heavy (non-hydrogen) atoms. The first kappa shape index (κ1) is 31.3. The molecule has 2 aliphatic rings. The van der Waals surface area contributed by atoms with Crippen molar-refractivity contribution < 1.29 is 32.3 Å². The quantitative estimate of drug-likeness (QED) is 0.271. The molecule has 0 bridgehead atoms. The first-order valence-corrected chi connectivity index (χ1v) is 14.7. The average Bonchev–Trinajstić information content (AvgIpc) is 3.33. The molecule has 3 atom stereocenters. The van der Waals surface area contributed by atoms with E-state index in [0.29, 0.717) is 52.1 Å². The van der Waals surface area contributed by atoms with Crippen LogP contribution in [0.3, 0.4) is 0 Å². The van der Waals surface area contributed by atoms with Gasteiger partial charge < -0.3 is 19.5 Å². The molecule has 1 saturated heterocycles. The minimum absolute atomic E-state index is 0.0698. The lowest BCUT2D eigenvalue weighted by Gasteiger charge is -2.27.